The summed E-state index contributed by atoms with van der Waals surface area (Å²) in [5.74, 6) is 0.604. The highest BCUT2D eigenvalue weighted by molar-refractivity contribution is 6.05. The van der Waals surface area contributed by atoms with E-state index in [2.05, 4.69) is 42.3 Å². The SMILES string of the molecule is Cc1c(NC(=O)c2ccc(C(C)(C)C)cc2)cccc1-c1cc(N=C2CC([C@H]3CCCN3)NN2)c(=O)n(C)c1. The molecule has 3 heterocycles. The number of amides is 1. The predicted molar refractivity (Wildman–Crippen MR) is 158 cm³/mol. The second-order valence-electron chi connectivity index (χ2n) is 11.6. The van der Waals surface area contributed by atoms with E-state index < -0.39 is 0 Å². The fourth-order valence-electron chi connectivity index (χ4n) is 5.32. The van der Waals surface area contributed by atoms with E-state index in [0.29, 0.717) is 17.3 Å². The van der Waals surface area contributed by atoms with Crippen LogP contribution in [0, 0.1) is 6.92 Å². The quantitative estimate of drug-likeness (QED) is 0.391. The zero-order valence-electron chi connectivity index (χ0n) is 23.4. The third-order valence-electron chi connectivity index (χ3n) is 7.73. The van der Waals surface area contributed by atoms with Crippen molar-refractivity contribution in [2.45, 2.75) is 64.5 Å². The number of carbonyl (C=O) groups is 1. The summed E-state index contributed by atoms with van der Waals surface area (Å²) in [5, 5.41) is 6.59. The fraction of sp³-hybridized carbons (Fsp3) is 0.387. The number of aromatic nitrogens is 1. The Kier molecular flexibility index (Phi) is 7.42. The minimum absolute atomic E-state index is 0.0264. The first-order valence-corrected chi connectivity index (χ1v) is 13.7. The molecule has 2 aromatic carbocycles. The molecule has 2 fully saturated rings. The summed E-state index contributed by atoms with van der Waals surface area (Å²) in [4.78, 5) is 30.7. The van der Waals surface area contributed by atoms with Gasteiger partial charge in [-0.05, 0) is 72.7 Å². The number of pyridine rings is 1. The maximum Gasteiger partial charge on any atom is 0.276 e. The fourth-order valence-corrected chi connectivity index (χ4v) is 5.32. The Morgan fingerprint density at radius 2 is 1.87 bits per heavy atom. The van der Waals surface area contributed by atoms with E-state index in [0.717, 1.165) is 47.6 Å². The number of hydrazine groups is 1. The van der Waals surface area contributed by atoms with Gasteiger partial charge in [0.1, 0.15) is 11.5 Å². The summed E-state index contributed by atoms with van der Waals surface area (Å²) in [7, 11) is 1.74. The number of nitrogens with zero attached hydrogens (tertiary/aromatic N) is 2. The first-order valence-electron chi connectivity index (χ1n) is 13.7. The number of carbonyl (C=O) groups excluding carboxylic acids is 1. The maximum absolute atomic E-state index is 13.1. The van der Waals surface area contributed by atoms with Crippen LogP contribution in [0.1, 0.15) is 61.5 Å². The predicted octanol–water partition coefficient (Wildman–Crippen LogP) is 4.56. The average Bonchev–Trinajstić information content (AvgIpc) is 3.60. The Hall–Kier alpha value is -3.75. The van der Waals surface area contributed by atoms with E-state index in [1.807, 2.05) is 61.7 Å². The van der Waals surface area contributed by atoms with Gasteiger partial charge in [-0.1, -0.05) is 45.0 Å². The Morgan fingerprint density at radius 3 is 2.56 bits per heavy atom. The van der Waals surface area contributed by atoms with E-state index in [-0.39, 0.29) is 22.9 Å². The minimum Gasteiger partial charge on any atom is -0.322 e. The standard InChI is InChI=1S/C31H38N6O2/c1-19-23(8-6-9-24(19)34-29(38)20-11-13-22(14-12-20)31(2,3)4)21-16-27(30(39)37(5)18-21)33-28-17-26(35-36-28)25-10-7-15-32-25/h6,8-9,11-14,16,18,25-26,32,35H,7,10,15,17H2,1-5H3,(H,33,36)(H,34,38)/t25-,26?/m1/s1. The monoisotopic (exact) mass is 526 g/mol. The molecule has 8 nitrogen and oxygen atoms in total. The molecule has 204 valence electrons. The van der Waals surface area contributed by atoms with Crippen molar-refractivity contribution >= 4 is 23.1 Å². The van der Waals surface area contributed by atoms with E-state index >= 15 is 0 Å². The number of nitrogens with one attached hydrogen (secondary N) is 4. The zero-order chi connectivity index (χ0) is 27.7. The Morgan fingerprint density at radius 1 is 1.10 bits per heavy atom. The first kappa shape index (κ1) is 26.8. The van der Waals surface area contributed by atoms with Gasteiger partial charge in [-0.2, -0.15) is 0 Å². The normalized spacial score (nSPS) is 20.3. The highest BCUT2D eigenvalue weighted by Gasteiger charge is 2.30. The highest BCUT2D eigenvalue weighted by atomic mass is 16.1. The smallest absolute Gasteiger partial charge is 0.276 e. The summed E-state index contributed by atoms with van der Waals surface area (Å²) in [5.41, 5.74) is 12.0. The summed E-state index contributed by atoms with van der Waals surface area (Å²) in [6.45, 7) is 9.48. The van der Waals surface area contributed by atoms with Crippen LogP contribution in [0.3, 0.4) is 0 Å². The third-order valence-corrected chi connectivity index (χ3v) is 7.73. The van der Waals surface area contributed by atoms with Crippen molar-refractivity contribution in [2.24, 2.45) is 12.0 Å². The molecule has 5 rings (SSSR count). The molecule has 0 aliphatic carbocycles. The molecule has 8 heteroatoms. The van der Waals surface area contributed by atoms with Gasteiger partial charge >= 0.3 is 0 Å². The second kappa shape index (κ2) is 10.8. The number of hydrogen-bond acceptors (Lipinski definition) is 5. The lowest BCUT2D eigenvalue weighted by Crippen LogP contribution is -2.43. The lowest BCUT2D eigenvalue weighted by molar-refractivity contribution is 0.102. The van der Waals surface area contributed by atoms with Crippen LogP contribution >= 0.6 is 0 Å². The van der Waals surface area contributed by atoms with Gasteiger partial charge in [0.05, 0.1) is 0 Å². The summed E-state index contributed by atoms with van der Waals surface area (Å²) in [6.07, 6.45) is 4.87. The van der Waals surface area contributed by atoms with Crippen molar-refractivity contribution in [3.63, 3.8) is 0 Å². The number of aryl methyl sites for hydroxylation is 1. The van der Waals surface area contributed by atoms with Crippen LogP contribution in [-0.4, -0.2) is 34.9 Å². The molecule has 39 heavy (non-hydrogen) atoms. The van der Waals surface area contributed by atoms with Gasteiger partial charge in [-0.15, -0.1) is 0 Å². The van der Waals surface area contributed by atoms with Crippen molar-refractivity contribution in [3.05, 3.63) is 81.8 Å². The molecule has 2 saturated heterocycles. The molecule has 2 aliphatic rings. The van der Waals surface area contributed by atoms with Crippen LogP contribution in [0.15, 0.2) is 64.5 Å². The Bertz CT molecular complexity index is 1460. The second-order valence-corrected chi connectivity index (χ2v) is 11.6. The Labute approximate surface area is 229 Å². The number of hydrogen-bond donors (Lipinski definition) is 4. The van der Waals surface area contributed by atoms with Crippen LogP contribution < -0.4 is 27.0 Å². The third kappa shape index (κ3) is 5.82. The van der Waals surface area contributed by atoms with Gasteiger partial charge in [-0.3, -0.25) is 9.59 Å². The minimum atomic E-state index is -0.158. The molecule has 4 N–H and O–H groups in total. The van der Waals surface area contributed by atoms with Crippen molar-refractivity contribution in [1.29, 1.82) is 0 Å². The van der Waals surface area contributed by atoms with Gasteiger partial charge in [0.25, 0.3) is 11.5 Å². The van der Waals surface area contributed by atoms with Crippen LogP contribution in [0.5, 0.6) is 0 Å². The molecule has 1 unspecified atom stereocenters. The molecular formula is C31H38N6O2. The van der Waals surface area contributed by atoms with Gasteiger partial charge < -0.3 is 20.6 Å². The number of amidine groups is 1. The van der Waals surface area contributed by atoms with Crippen LogP contribution in [0.25, 0.3) is 11.1 Å². The summed E-state index contributed by atoms with van der Waals surface area (Å²) in [6, 6.07) is 16.1. The van der Waals surface area contributed by atoms with Crippen molar-refractivity contribution in [1.82, 2.24) is 20.7 Å². The summed E-state index contributed by atoms with van der Waals surface area (Å²) >= 11 is 0. The molecule has 2 atom stereocenters. The lowest BCUT2D eigenvalue weighted by Gasteiger charge is -2.19. The lowest BCUT2D eigenvalue weighted by atomic mass is 9.86. The molecule has 0 radical (unpaired) electrons. The largest absolute Gasteiger partial charge is 0.322 e. The molecule has 0 spiro atoms. The Balaban J connectivity index is 1.38. The van der Waals surface area contributed by atoms with Crippen LogP contribution in [0.4, 0.5) is 11.4 Å². The van der Waals surface area contributed by atoms with Gasteiger partial charge in [-0.25, -0.2) is 10.4 Å². The average molecular weight is 527 g/mol. The number of anilines is 1. The van der Waals surface area contributed by atoms with Crippen LogP contribution in [-0.2, 0) is 12.5 Å². The van der Waals surface area contributed by atoms with Crippen LogP contribution in [0.2, 0.25) is 0 Å². The maximum atomic E-state index is 13.1. The molecule has 1 aromatic heterocycles. The summed E-state index contributed by atoms with van der Waals surface area (Å²) < 4.78 is 1.56. The molecule has 0 bridgehead atoms. The van der Waals surface area contributed by atoms with Crippen molar-refractivity contribution < 1.29 is 4.79 Å². The van der Waals surface area contributed by atoms with Gasteiger partial charge in [0.2, 0.25) is 0 Å². The molecule has 0 saturated carbocycles. The molecular weight excluding hydrogens is 488 g/mol. The number of rotatable bonds is 5. The molecule has 1 amide bonds. The highest BCUT2D eigenvalue weighted by Crippen LogP contribution is 2.30. The van der Waals surface area contributed by atoms with Crippen molar-refractivity contribution in [2.75, 3.05) is 11.9 Å². The number of aliphatic imine (C=N–C) groups is 1. The van der Waals surface area contributed by atoms with E-state index in [1.54, 1.807) is 11.6 Å². The molecule has 2 aliphatic heterocycles. The van der Waals surface area contributed by atoms with Gasteiger partial charge in [0, 0.05) is 48.6 Å². The van der Waals surface area contributed by atoms with Crippen molar-refractivity contribution in [3.8, 4) is 11.1 Å². The van der Waals surface area contributed by atoms with E-state index in [4.69, 9.17) is 4.99 Å². The van der Waals surface area contributed by atoms with E-state index in [1.165, 1.54) is 12.0 Å². The van der Waals surface area contributed by atoms with E-state index in [9.17, 15) is 9.59 Å². The zero-order valence-corrected chi connectivity index (χ0v) is 23.4. The molecule has 3 aromatic rings. The topological polar surface area (TPSA) is 99.6 Å². The van der Waals surface area contributed by atoms with Gasteiger partial charge in [0.15, 0.2) is 0 Å². The first-order chi connectivity index (χ1) is 18.6. The number of benzene rings is 2.